The molecular weight excluding hydrogens is 143 g/mol. The van der Waals surface area contributed by atoms with Crippen LogP contribution in [0.25, 0.3) is 0 Å². The largest absolute Gasteiger partial charge is 0.384 e. The molecule has 0 aromatic carbocycles. The molecule has 0 spiro atoms. The first kappa shape index (κ1) is 7.98. The molecule has 0 aliphatic rings. The van der Waals surface area contributed by atoms with Gasteiger partial charge >= 0.3 is 0 Å². The quantitative estimate of drug-likeness (QED) is 0.658. The fourth-order valence-corrected chi connectivity index (χ4v) is 0.859. The van der Waals surface area contributed by atoms with Crippen LogP contribution in [-0.4, -0.2) is 11.5 Å². The molecule has 1 aromatic heterocycles. The highest BCUT2D eigenvalue weighted by molar-refractivity contribution is 5.42. The van der Waals surface area contributed by atoms with Crippen LogP contribution in [0.1, 0.15) is 12.5 Å². The third-order valence-electron chi connectivity index (χ3n) is 1.40. The van der Waals surface area contributed by atoms with Crippen molar-refractivity contribution in [3.8, 4) is 0 Å². The standard InChI is InChI=1S/C8H11FN2/c1-3-10-7-4-6(2)8(9)11-5-7/h4-5,10H,3H2,1-2H3. The monoisotopic (exact) mass is 154 g/mol. The summed E-state index contributed by atoms with van der Waals surface area (Å²) >= 11 is 0. The zero-order chi connectivity index (χ0) is 8.27. The number of aryl methyl sites for hydroxylation is 1. The maximum Gasteiger partial charge on any atom is 0.215 e. The van der Waals surface area contributed by atoms with Crippen molar-refractivity contribution in [1.82, 2.24) is 4.98 Å². The summed E-state index contributed by atoms with van der Waals surface area (Å²) in [5.41, 5.74) is 1.44. The van der Waals surface area contributed by atoms with E-state index in [1.165, 1.54) is 6.20 Å². The summed E-state index contributed by atoms with van der Waals surface area (Å²) < 4.78 is 12.6. The average molecular weight is 154 g/mol. The van der Waals surface area contributed by atoms with E-state index in [0.29, 0.717) is 5.56 Å². The lowest BCUT2D eigenvalue weighted by Crippen LogP contribution is -1.98. The van der Waals surface area contributed by atoms with Crippen molar-refractivity contribution in [2.24, 2.45) is 0 Å². The molecule has 0 radical (unpaired) electrons. The number of hydrogen-bond donors (Lipinski definition) is 1. The fraction of sp³-hybridized carbons (Fsp3) is 0.375. The van der Waals surface area contributed by atoms with Crippen molar-refractivity contribution >= 4 is 5.69 Å². The molecule has 0 aliphatic heterocycles. The summed E-state index contributed by atoms with van der Waals surface area (Å²) in [4.78, 5) is 3.57. The van der Waals surface area contributed by atoms with Crippen LogP contribution in [0.4, 0.5) is 10.1 Å². The molecule has 1 N–H and O–H groups in total. The molecule has 60 valence electrons. The molecule has 2 nitrogen and oxygen atoms in total. The minimum Gasteiger partial charge on any atom is -0.384 e. The second-order valence-electron chi connectivity index (χ2n) is 2.36. The zero-order valence-corrected chi connectivity index (χ0v) is 6.69. The number of rotatable bonds is 2. The van der Waals surface area contributed by atoms with Crippen molar-refractivity contribution < 1.29 is 4.39 Å². The van der Waals surface area contributed by atoms with Crippen molar-refractivity contribution in [1.29, 1.82) is 0 Å². The Morgan fingerprint density at radius 3 is 2.91 bits per heavy atom. The first-order chi connectivity index (χ1) is 5.24. The summed E-state index contributed by atoms with van der Waals surface area (Å²) in [5.74, 6) is -0.397. The number of hydrogen-bond acceptors (Lipinski definition) is 2. The highest BCUT2D eigenvalue weighted by Gasteiger charge is 1.97. The molecule has 11 heavy (non-hydrogen) atoms. The topological polar surface area (TPSA) is 24.9 Å². The molecule has 0 saturated carbocycles. The van der Waals surface area contributed by atoms with Crippen LogP contribution in [0.2, 0.25) is 0 Å². The average Bonchev–Trinajstić information content (AvgIpc) is 1.98. The van der Waals surface area contributed by atoms with E-state index in [4.69, 9.17) is 0 Å². The smallest absolute Gasteiger partial charge is 0.215 e. The summed E-state index contributed by atoms with van der Waals surface area (Å²) in [6, 6.07) is 1.74. The van der Waals surface area contributed by atoms with Gasteiger partial charge in [0, 0.05) is 12.1 Å². The van der Waals surface area contributed by atoms with Crippen LogP contribution in [-0.2, 0) is 0 Å². The Morgan fingerprint density at radius 1 is 1.64 bits per heavy atom. The van der Waals surface area contributed by atoms with Gasteiger partial charge in [-0.2, -0.15) is 4.39 Å². The van der Waals surface area contributed by atoms with Gasteiger partial charge in [0.2, 0.25) is 5.95 Å². The predicted octanol–water partition coefficient (Wildman–Crippen LogP) is 1.96. The van der Waals surface area contributed by atoms with Gasteiger partial charge in [-0.15, -0.1) is 0 Å². The van der Waals surface area contributed by atoms with Gasteiger partial charge in [-0.25, -0.2) is 4.98 Å². The van der Waals surface area contributed by atoms with Crippen LogP contribution in [0.5, 0.6) is 0 Å². The van der Waals surface area contributed by atoms with Gasteiger partial charge in [0.05, 0.1) is 11.9 Å². The summed E-state index contributed by atoms with van der Waals surface area (Å²) in [5, 5.41) is 3.05. The van der Waals surface area contributed by atoms with Gasteiger partial charge in [0.1, 0.15) is 0 Å². The Kier molecular flexibility index (Phi) is 2.41. The molecule has 0 saturated heterocycles. The van der Waals surface area contributed by atoms with Gasteiger partial charge in [0.25, 0.3) is 0 Å². The van der Waals surface area contributed by atoms with Crippen LogP contribution in [0.15, 0.2) is 12.3 Å². The minimum atomic E-state index is -0.397. The zero-order valence-electron chi connectivity index (χ0n) is 6.69. The molecular formula is C8H11FN2. The third kappa shape index (κ3) is 1.90. The number of nitrogens with one attached hydrogen (secondary N) is 1. The van der Waals surface area contributed by atoms with Crippen molar-refractivity contribution in [3.05, 3.63) is 23.8 Å². The van der Waals surface area contributed by atoms with Crippen LogP contribution in [0.3, 0.4) is 0 Å². The van der Waals surface area contributed by atoms with Crippen LogP contribution >= 0.6 is 0 Å². The van der Waals surface area contributed by atoms with E-state index < -0.39 is 5.95 Å². The van der Waals surface area contributed by atoms with E-state index in [1.54, 1.807) is 13.0 Å². The number of pyridine rings is 1. The lowest BCUT2D eigenvalue weighted by Gasteiger charge is -2.02. The van der Waals surface area contributed by atoms with Crippen LogP contribution < -0.4 is 5.32 Å². The molecule has 0 atom stereocenters. The lowest BCUT2D eigenvalue weighted by atomic mass is 10.3. The number of nitrogens with zero attached hydrogens (tertiary/aromatic N) is 1. The second-order valence-corrected chi connectivity index (χ2v) is 2.36. The van der Waals surface area contributed by atoms with E-state index >= 15 is 0 Å². The summed E-state index contributed by atoms with van der Waals surface area (Å²) in [6.45, 7) is 4.51. The molecule has 0 unspecified atom stereocenters. The third-order valence-corrected chi connectivity index (χ3v) is 1.40. The minimum absolute atomic E-state index is 0.397. The number of aromatic nitrogens is 1. The van der Waals surface area contributed by atoms with E-state index in [9.17, 15) is 4.39 Å². The molecule has 1 aromatic rings. The van der Waals surface area contributed by atoms with Crippen molar-refractivity contribution in [2.75, 3.05) is 11.9 Å². The lowest BCUT2D eigenvalue weighted by molar-refractivity contribution is 0.575. The Labute approximate surface area is 65.5 Å². The molecule has 0 amide bonds. The number of halogens is 1. The second kappa shape index (κ2) is 3.32. The predicted molar refractivity (Wildman–Crippen MR) is 43.1 cm³/mol. The summed E-state index contributed by atoms with van der Waals surface area (Å²) in [7, 11) is 0. The van der Waals surface area contributed by atoms with Crippen LogP contribution in [0, 0.1) is 12.9 Å². The highest BCUT2D eigenvalue weighted by atomic mass is 19.1. The first-order valence-corrected chi connectivity index (χ1v) is 3.60. The first-order valence-electron chi connectivity index (χ1n) is 3.60. The van der Waals surface area contributed by atoms with Gasteiger partial charge in [0.15, 0.2) is 0 Å². The van der Waals surface area contributed by atoms with Gasteiger partial charge in [-0.3, -0.25) is 0 Å². The van der Waals surface area contributed by atoms with Crippen molar-refractivity contribution in [3.63, 3.8) is 0 Å². The Hall–Kier alpha value is -1.12. The molecule has 3 heteroatoms. The maximum atomic E-state index is 12.6. The molecule has 0 bridgehead atoms. The van der Waals surface area contributed by atoms with E-state index in [0.717, 1.165) is 12.2 Å². The molecule has 1 heterocycles. The highest BCUT2D eigenvalue weighted by Crippen LogP contribution is 2.09. The van der Waals surface area contributed by atoms with E-state index in [-0.39, 0.29) is 0 Å². The molecule has 0 aliphatic carbocycles. The number of anilines is 1. The maximum absolute atomic E-state index is 12.6. The Bertz CT molecular complexity index is 248. The Balaban J connectivity index is 2.86. The van der Waals surface area contributed by atoms with Gasteiger partial charge in [-0.05, 0) is 19.9 Å². The fourth-order valence-electron chi connectivity index (χ4n) is 0.859. The Morgan fingerprint density at radius 2 is 2.36 bits per heavy atom. The SMILES string of the molecule is CCNc1cnc(F)c(C)c1. The normalized spacial score (nSPS) is 9.73. The van der Waals surface area contributed by atoms with Gasteiger partial charge < -0.3 is 5.32 Å². The van der Waals surface area contributed by atoms with E-state index in [1.807, 2.05) is 6.92 Å². The van der Waals surface area contributed by atoms with Crippen molar-refractivity contribution in [2.45, 2.75) is 13.8 Å². The molecule has 1 rings (SSSR count). The van der Waals surface area contributed by atoms with Gasteiger partial charge in [-0.1, -0.05) is 0 Å². The van der Waals surface area contributed by atoms with E-state index in [2.05, 4.69) is 10.3 Å². The molecule has 0 fully saturated rings. The summed E-state index contributed by atoms with van der Waals surface area (Å²) in [6.07, 6.45) is 1.49.